The summed E-state index contributed by atoms with van der Waals surface area (Å²) < 4.78 is 5.36. The summed E-state index contributed by atoms with van der Waals surface area (Å²) in [5, 5.41) is 0.767. The number of amides is 1. The van der Waals surface area contributed by atoms with Crippen LogP contribution in [0.1, 0.15) is 18.4 Å². The minimum atomic E-state index is -0.381. The molecule has 1 aromatic carbocycles. The molecule has 0 saturated carbocycles. The van der Waals surface area contributed by atoms with Crippen molar-refractivity contribution in [2.45, 2.75) is 25.4 Å². The molecule has 2 fully saturated rings. The van der Waals surface area contributed by atoms with Crippen molar-refractivity contribution in [3.8, 4) is 0 Å². The summed E-state index contributed by atoms with van der Waals surface area (Å²) in [6.07, 6.45) is 1.78. The molecule has 8 heteroatoms. The molecule has 2 aliphatic rings. The van der Waals surface area contributed by atoms with Gasteiger partial charge in [-0.2, -0.15) is 0 Å². The van der Waals surface area contributed by atoms with Gasteiger partial charge in [-0.05, 0) is 36.5 Å². The van der Waals surface area contributed by atoms with Crippen molar-refractivity contribution in [2.75, 3.05) is 39.4 Å². The third-order valence-corrected chi connectivity index (χ3v) is 5.27. The molecule has 1 aromatic rings. The predicted molar refractivity (Wildman–Crippen MR) is 109 cm³/mol. The Kier molecular flexibility index (Phi) is 10.2. The van der Waals surface area contributed by atoms with E-state index in [4.69, 9.17) is 22.1 Å². The Morgan fingerprint density at radius 3 is 2.46 bits per heavy atom. The Bertz CT molecular complexity index is 562. The molecule has 1 atom stereocenters. The fourth-order valence-corrected chi connectivity index (χ4v) is 3.72. The van der Waals surface area contributed by atoms with Gasteiger partial charge >= 0.3 is 0 Å². The maximum atomic E-state index is 12.6. The Morgan fingerprint density at radius 2 is 1.85 bits per heavy atom. The first-order valence-electron chi connectivity index (χ1n) is 8.72. The maximum absolute atomic E-state index is 12.6. The molecule has 3 rings (SSSR count). The highest BCUT2D eigenvalue weighted by atomic mass is 35.5. The maximum Gasteiger partial charge on any atom is 0.239 e. The van der Waals surface area contributed by atoms with E-state index >= 15 is 0 Å². The van der Waals surface area contributed by atoms with E-state index in [1.165, 1.54) is 5.56 Å². The van der Waals surface area contributed by atoms with Gasteiger partial charge in [0, 0.05) is 51.0 Å². The molecule has 2 heterocycles. The lowest BCUT2D eigenvalue weighted by Gasteiger charge is -2.37. The van der Waals surface area contributed by atoms with E-state index in [-0.39, 0.29) is 42.7 Å². The third-order valence-electron chi connectivity index (χ3n) is 5.04. The lowest BCUT2D eigenvalue weighted by Crippen LogP contribution is -2.55. The molecule has 2 N–H and O–H groups in total. The number of nitrogens with zero attached hydrogens (tertiary/aromatic N) is 2. The van der Waals surface area contributed by atoms with Crippen molar-refractivity contribution in [3.05, 3.63) is 34.9 Å². The van der Waals surface area contributed by atoms with Crippen LogP contribution in [0, 0.1) is 5.92 Å². The number of carbonyl (C=O) groups is 1. The zero-order valence-electron chi connectivity index (χ0n) is 14.8. The summed E-state index contributed by atoms with van der Waals surface area (Å²) in [5.41, 5.74) is 7.43. The molecule has 0 aromatic heterocycles. The molecular weight excluding hydrogens is 397 g/mol. The van der Waals surface area contributed by atoms with Crippen LogP contribution in [0.15, 0.2) is 24.3 Å². The average molecular weight is 425 g/mol. The summed E-state index contributed by atoms with van der Waals surface area (Å²) in [4.78, 5) is 16.9. The van der Waals surface area contributed by atoms with E-state index in [0.717, 1.165) is 63.8 Å². The predicted octanol–water partition coefficient (Wildman–Crippen LogP) is 2.58. The second-order valence-corrected chi connectivity index (χ2v) is 7.14. The number of ether oxygens (including phenoxy) is 1. The molecular formula is C18H28Cl3N3O2. The molecule has 2 saturated heterocycles. The topological polar surface area (TPSA) is 58.8 Å². The number of hydrogen-bond acceptors (Lipinski definition) is 4. The fourth-order valence-electron chi connectivity index (χ4n) is 3.51. The lowest BCUT2D eigenvalue weighted by atomic mass is 9.91. The van der Waals surface area contributed by atoms with Gasteiger partial charge in [-0.15, -0.1) is 24.8 Å². The van der Waals surface area contributed by atoms with Crippen molar-refractivity contribution < 1.29 is 9.53 Å². The number of benzene rings is 1. The largest absolute Gasteiger partial charge is 0.381 e. The standard InChI is InChI=1S/C18H26ClN3O2.2ClH/c19-16-3-1-2-14(12-16)13-21-6-8-22(9-7-21)18(23)17(20)15-4-10-24-11-5-15;;/h1-3,12,15,17H,4-11,13,20H2;2*1H. The highest BCUT2D eigenvalue weighted by Crippen LogP contribution is 2.20. The van der Waals surface area contributed by atoms with Gasteiger partial charge < -0.3 is 15.4 Å². The smallest absolute Gasteiger partial charge is 0.239 e. The fraction of sp³-hybridized carbons (Fsp3) is 0.611. The highest BCUT2D eigenvalue weighted by Gasteiger charge is 2.31. The number of rotatable bonds is 4. The molecule has 2 aliphatic heterocycles. The van der Waals surface area contributed by atoms with E-state index in [1.54, 1.807) is 0 Å². The summed E-state index contributed by atoms with van der Waals surface area (Å²) in [5.74, 6) is 0.361. The normalized spacial score (nSPS) is 20.0. The summed E-state index contributed by atoms with van der Waals surface area (Å²) in [6, 6.07) is 7.57. The van der Waals surface area contributed by atoms with E-state index in [2.05, 4.69) is 11.0 Å². The van der Waals surface area contributed by atoms with Crippen LogP contribution in [0.4, 0.5) is 0 Å². The van der Waals surface area contributed by atoms with Crippen LogP contribution in [-0.4, -0.2) is 61.1 Å². The van der Waals surface area contributed by atoms with Gasteiger partial charge in [-0.1, -0.05) is 23.7 Å². The van der Waals surface area contributed by atoms with Gasteiger partial charge in [0.15, 0.2) is 0 Å². The molecule has 5 nitrogen and oxygen atoms in total. The lowest BCUT2D eigenvalue weighted by molar-refractivity contribution is -0.136. The SMILES string of the molecule is Cl.Cl.NC(C(=O)N1CCN(Cc2cccc(Cl)c2)CC1)C1CCOCC1. The first kappa shape index (κ1) is 23.5. The molecule has 0 bridgehead atoms. The summed E-state index contributed by atoms with van der Waals surface area (Å²) >= 11 is 6.04. The van der Waals surface area contributed by atoms with Gasteiger partial charge in [0.2, 0.25) is 5.91 Å². The monoisotopic (exact) mass is 423 g/mol. The van der Waals surface area contributed by atoms with Crippen LogP contribution in [0.25, 0.3) is 0 Å². The van der Waals surface area contributed by atoms with Gasteiger partial charge in [-0.25, -0.2) is 0 Å². The molecule has 1 unspecified atom stereocenters. The Hall–Kier alpha value is -0.560. The first-order chi connectivity index (χ1) is 11.6. The highest BCUT2D eigenvalue weighted by molar-refractivity contribution is 6.30. The van der Waals surface area contributed by atoms with Crippen LogP contribution < -0.4 is 5.73 Å². The molecule has 1 amide bonds. The second-order valence-electron chi connectivity index (χ2n) is 6.71. The van der Waals surface area contributed by atoms with E-state index in [0.29, 0.717) is 0 Å². The zero-order valence-corrected chi connectivity index (χ0v) is 17.2. The van der Waals surface area contributed by atoms with Crippen molar-refractivity contribution in [2.24, 2.45) is 11.7 Å². The number of carbonyl (C=O) groups excluding carboxylic acids is 1. The quantitative estimate of drug-likeness (QED) is 0.807. The van der Waals surface area contributed by atoms with Gasteiger partial charge in [-0.3, -0.25) is 9.69 Å². The Morgan fingerprint density at radius 1 is 1.19 bits per heavy atom. The van der Waals surface area contributed by atoms with Crippen molar-refractivity contribution in [1.29, 1.82) is 0 Å². The van der Waals surface area contributed by atoms with Crippen LogP contribution in [0.3, 0.4) is 0 Å². The van der Waals surface area contributed by atoms with Crippen molar-refractivity contribution >= 4 is 42.3 Å². The van der Waals surface area contributed by atoms with Crippen molar-refractivity contribution in [1.82, 2.24) is 9.80 Å². The average Bonchev–Trinajstić information content (AvgIpc) is 2.62. The molecule has 0 radical (unpaired) electrons. The van der Waals surface area contributed by atoms with Gasteiger partial charge in [0.05, 0.1) is 6.04 Å². The number of halogens is 3. The van der Waals surface area contributed by atoms with Crippen molar-refractivity contribution in [3.63, 3.8) is 0 Å². The first-order valence-corrected chi connectivity index (χ1v) is 9.10. The number of hydrogen-bond donors (Lipinski definition) is 1. The zero-order chi connectivity index (χ0) is 16.9. The molecule has 0 aliphatic carbocycles. The number of piperazine rings is 1. The third kappa shape index (κ3) is 6.25. The Labute approximate surface area is 173 Å². The van der Waals surface area contributed by atoms with Crippen LogP contribution in [-0.2, 0) is 16.1 Å². The van der Waals surface area contributed by atoms with E-state index in [1.807, 2.05) is 23.1 Å². The van der Waals surface area contributed by atoms with Crippen LogP contribution >= 0.6 is 36.4 Å². The van der Waals surface area contributed by atoms with Crippen LogP contribution in [0.2, 0.25) is 5.02 Å². The van der Waals surface area contributed by atoms with E-state index < -0.39 is 0 Å². The minimum Gasteiger partial charge on any atom is -0.381 e. The second kappa shape index (κ2) is 11.3. The summed E-state index contributed by atoms with van der Waals surface area (Å²) in [6.45, 7) is 5.55. The summed E-state index contributed by atoms with van der Waals surface area (Å²) in [7, 11) is 0. The minimum absolute atomic E-state index is 0. The van der Waals surface area contributed by atoms with E-state index in [9.17, 15) is 4.79 Å². The van der Waals surface area contributed by atoms with Crippen LogP contribution in [0.5, 0.6) is 0 Å². The van der Waals surface area contributed by atoms with Gasteiger partial charge in [0.25, 0.3) is 0 Å². The number of nitrogens with two attached hydrogens (primary N) is 1. The molecule has 148 valence electrons. The Balaban J connectivity index is 0.00000169. The van der Waals surface area contributed by atoms with Gasteiger partial charge in [0.1, 0.15) is 0 Å². The molecule has 26 heavy (non-hydrogen) atoms. The molecule has 0 spiro atoms.